The number of thiocarbonyl (C=S) groups is 1. The average Bonchev–Trinajstić information content (AvgIpc) is 3.07. The summed E-state index contributed by atoms with van der Waals surface area (Å²) < 4.78 is 9.91. The second-order valence-electron chi connectivity index (χ2n) is 4.42. The van der Waals surface area contributed by atoms with E-state index >= 15 is 0 Å². The topological polar surface area (TPSA) is 64.3 Å². The van der Waals surface area contributed by atoms with E-state index in [1.54, 1.807) is 0 Å². The van der Waals surface area contributed by atoms with Gasteiger partial charge in [0.1, 0.15) is 16.9 Å². The first kappa shape index (κ1) is 11.3. The highest BCUT2D eigenvalue weighted by Crippen LogP contribution is 2.39. The molecule has 0 spiro atoms. The third-order valence-corrected chi connectivity index (χ3v) is 4.08. The van der Waals surface area contributed by atoms with Gasteiger partial charge in [-0.15, -0.1) is 0 Å². The Hall–Kier alpha value is -0.790. The monoisotopic (exact) mass is 270 g/mol. The van der Waals surface area contributed by atoms with Crippen LogP contribution in [-0.4, -0.2) is 40.1 Å². The molecule has 17 heavy (non-hydrogen) atoms. The van der Waals surface area contributed by atoms with Gasteiger partial charge < -0.3 is 15.4 Å². The molecular weight excluding hydrogens is 256 g/mol. The maximum Gasteiger partial charge on any atom is 0.205 e. The molecule has 2 fully saturated rings. The Balaban J connectivity index is 1.71. The second-order valence-corrected chi connectivity index (χ2v) is 5.62. The molecule has 0 radical (unpaired) electrons. The van der Waals surface area contributed by atoms with Crippen molar-refractivity contribution in [1.29, 1.82) is 0 Å². The van der Waals surface area contributed by atoms with E-state index < -0.39 is 0 Å². The summed E-state index contributed by atoms with van der Waals surface area (Å²) in [5.41, 5.74) is 5.62. The number of hydrogen-bond donors (Lipinski definition) is 1. The number of nitrogens with two attached hydrogens (primary N) is 1. The van der Waals surface area contributed by atoms with Crippen molar-refractivity contribution in [1.82, 2.24) is 9.36 Å². The molecule has 7 heteroatoms. The summed E-state index contributed by atoms with van der Waals surface area (Å²) in [5.74, 6) is 1.61. The normalized spacial score (nSPS) is 24.9. The molecule has 1 saturated heterocycles. The first-order valence-corrected chi connectivity index (χ1v) is 6.91. The molecule has 1 aromatic heterocycles. The third-order valence-electron chi connectivity index (χ3n) is 3.03. The van der Waals surface area contributed by atoms with E-state index in [1.807, 2.05) is 0 Å². The van der Waals surface area contributed by atoms with Crippen LogP contribution < -0.4 is 10.6 Å². The molecule has 2 heterocycles. The Morgan fingerprint density at radius 3 is 3.06 bits per heavy atom. The van der Waals surface area contributed by atoms with Crippen LogP contribution in [0.1, 0.15) is 24.6 Å². The Morgan fingerprint density at radius 1 is 1.53 bits per heavy atom. The van der Waals surface area contributed by atoms with Gasteiger partial charge in [-0.25, -0.2) is 4.98 Å². The summed E-state index contributed by atoms with van der Waals surface area (Å²) in [7, 11) is 0. The number of nitrogens with zero attached hydrogens (tertiary/aromatic N) is 3. The van der Waals surface area contributed by atoms with Crippen molar-refractivity contribution < 1.29 is 4.74 Å². The molecule has 1 atom stereocenters. The highest BCUT2D eigenvalue weighted by atomic mass is 32.1. The molecule has 1 saturated carbocycles. The lowest BCUT2D eigenvalue weighted by atomic mass is 10.3. The SMILES string of the molecule is NC(=S)C1CN(c2nc(C3CC3)ns2)CCO1. The summed E-state index contributed by atoms with van der Waals surface area (Å²) in [6.07, 6.45) is 2.30. The van der Waals surface area contributed by atoms with Crippen molar-refractivity contribution in [3.63, 3.8) is 0 Å². The van der Waals surface area contributed by atoms with Gasteiger partial charge in [0, 0.05) is 24.0 Å². The second kappa shape index (κ2) is 4.47. The number of hydrogen-bond acceptors (Lipinski definition) is 6. The van der Waals surface area contributed by atoms with Gasteiger partial charge in [-0.05, 0) is 12.8 Å². The van der Waals surface area contributed by atoms with Crippen LogP contribution in [0, 0.1) is 0 Å². The summed E-state index contributed by atoms with van der Waals surface area (Å²) in [4.78, 5) is 7.17. The van der Waals surface area contributed by atoms with E-state index in [4.69, 9.17) is 22.7 Å². The molecule has 3 rings (SSSR count). The fourth-order valence-electron chi connectivity index (χ4n) is 1.86. The lowest BCUT2D eigenvalue weighted by Crippen LogP contribution is -2.47. The number of morpholine rings is 1. The zero-order valence-electron chi connectivity index (χ0n) is 9.33. The molecule has 92 valence electrons. The molecule has 0 aromatic carbocycles. The zero-order chi connectivity index (χ0) is 11.8. The Kier molecular flexibility index (Phi) is 2.97. The number of anilines is 1. The molecule has 2 aliphatic rings. The maximum atomic E-state index is 5.62. The smallest absolute Gasteiger partial charge is 0.205 e. The minimum Gasteiger partial charge on any atom is -0.391 e. The summed E-state index contributed by atoms with van der Waals surface area (Å²) >= 11 is 6.43. The standard InChI is InChI=1S/C10H14N4OS2/c11-8(16)7-5-14(3-4-15-7)10-12-9(13-17-10)6-1-2-6/h6-7H,1-5H2,(H2,11,16). The maximum absolute atomic E-state index is 5.62. The van der Waals surface area contributed by atoms with Crippen LogP contribution in [0.2, 0.25) is 0 Å². The number of rotatable bonds is 3. The third kappa shape index (κ3) is 2.41. The van der Waals surface area contributed by atoms with Gasteiger partial charge in [-0.1, -0.05) is 12.2 Å². The van der Waals surface area contributed by atoms with Gasteiger partial charge in [-0.2, -0.15) is 4.37 Å². The molecular formula is C10H14N4OS2. The van der Waals surface area contributed by atoms with Gasteiger partial charge in [-0.3, -0.25) is 0 Å². The average molecular weight is 270 g/mol. The fraction of sp³-hybridized carbons (Fsp3) is 0.700. The molecule has 0 amide bonds. The van der Waals surface area contributed by atoms with Crippen LogP contribution in [0.15, 0.2) is 0 Å². The van der Waals surface area contributed by atoms with Gasteiger partial charge in [0.05, 0.1) is 13.2 Å². The number of ether oxygens (including phenoxy) is 1. The molecule has 2 N–H and O–H groups in total. The van der Waals surface area contributed by atoms with E-state index in [9.17, 15) is 0 Å². The fourth-order valence-corrected chi connectivity index (χ4v) is 2.78. The van der Waals surface area contributed by atoms with Crippen molar-refractivity contribution in [2.75, 3.05) is 24.6 Å². The predicted molar refractivity (Wildman–Crippen MR) is 70.6 cm³/mol. The van der Waals surface area contributed by atoms with E-state index in [2.05, 4.69) is 14.3 Å². The lowest BCUT2D eigenvalue weighted by molar-refractivity contribution is 0.0847. The molecule has 5 nitrogen and oxygen atoms in total. The molecule has 1 aliphatic carbocycles. The van der Waals surface area contributed by atoms with Crippen LogP contribution in [0.5, 0.6) is 0 Å². The quantitative estimate of drug-likeness (QED) is 0.824. The lowest BCUT2D eigenvalue weighted by Gasteiger charge is -2.31. The minimum absolute atomic E-state index is 0.160. The van der Waals surface area contributed by atoms with Crippen LogP contribution >= 0.6 is 23.8 Å². The molecule has 1 aliphatic heterocycles. The van der Waals surface area contributed by atoms with E-state index in [1.165, 1.54) is 24.4 Å². The van der Waals surface area contributed by atoms with Crippen LogP contribution in [-0.2, 0) is 4.74 Å². The molecule has 1 aromatic rings. The van der Waals surface area contributed by atoms with Crippen molar-refractivity contribution in [2.45, 2.75) is 24.9 Å². The highest BCUT2D eigenvalue weighted by Gasteiger charge is 2.30. The van der Waals surface area contributed by atoms with Crippen molar-refractivity contribution in [3.8, 4) is 0 Å². The van der Waals surface area contributed by atoms with Crippen molar-refractivity contribution >= 4 is 33.9 Å². The van der Waals surface area contributed by atoms with Crippen molar-refractivity contribution in [3.05, 3.63) is 5.82 Å². The Bertz CT molecular complexity index is 432. The largest absolute Gasteiger partial charge is 0.391 e. The van der Waals surface area contributed by atoms with Gasteiger partial charge >= 0.3 is 0 Å². The van der Waals surface area contributed by atoms with Gasteiger partial charge in [0.2, 0.25) is 5.13 Å². The van der Waals surface area contributed by atoms with Crippen LogP contribution in [0.4, 0.5) is 5.13 Å². The zero-order valence-corrected chi connectivity index (χ0v) is 11.0. The predicted octanol–water partition coefficient (Wildman–Crippen LogP) is 0.907. The van der Waals surface area contributed by atoms with Gasteiger partial charge in [0.15, 0.2) is 0 Å². The van der Waals surface area contributed by atoms with Crippen LogP contribution in [0.3, 0.4) is 0 Å². The van der Waals surface area contributed by atoms with E-state index in [0.717, 1.165) is 17.5 Å². The van der Waals surface area contributed by atoms with E-state index in [-0.39, 0.29) is 6.10 Å². The Morgan fingerprint density at radius 2 is 2.35 bits per heavy atom. The minimum atomic E-state index is -0.160. The first-order valence-electron chi connectivity index (χ1n) is 5.73. The summed E-state index contributed by atoms with van der Waals surface area (Å²) in [6.45, 7) is 2.16. The summed E-state index contributed by atoms with van der Waals surface area (Å²) in [6, 6.07) is 0. The van der Waals surface area contributed by atoms with Crippen LogP contribution in [0.25, 0.3) is 0 Å². The first-order chi connectivity index (χ1) is 8.24. The highest BCUT2D eigenvalue weighted by molar-refractivity contribution is 7.80. The molecule has 1 unspecified atom stereocenters. The summed E-state index contributed by atoms with van der Waals surface area (Å²) in [5, 5.41) is 0.969. The van der Waals surface area contributed by atoms with Gasteiger partial charge in [0.25, 0.3) is 0 Å². The number of aromatic nitrogens is 2. The molecule has 0 bridgehead atoms. The van der Waals surface area contributed by atoms with E-state index in [0.29, 0.717) is 24.1 Å². The van der Waals surface area contributed by atoms with Crippen molar-refractivity contribution in [2.24, 2.45) is 5.73 Å². The Labute approximate surface area is 109 Å².